The second-order valence-corrected chi connectivity index (χ2v) is 5.35. The van der Waals surface area contributed by atoms with Gasteiger partial charge in [-0.05, 0) is 12.1 Å². The molecule has 5 atom stereocenters. The molecule has 1 aliphatic heterocycles. The summed E-state index contributed by atoms with van der Waals surface area (Å²) in [6, 6.07) is 7.84. The van der Waals surface area contributed by atoms with Crippen LogP contribution in [0.15, 0.2) is 30.3 Å². The van der Waals surface area contributed by atoms with Crippen LogP contribution in [0.4, 0.5) is 0 Å². The summed E-state index contributed by atoms with van der Waals surface area (Å²) < 4.78 is 10.3. The summed E-state index contributed by atoms with van der Waals surface area (Å²) >= 11 is 0. The van der Waals surface area contributed by atoms with Crippen LogP contribution in [-0.4, -0.2) is 67.2 Å². The highest BCUT2D eigenvalue weighted by Gasteiger charge is 2.48. The molecular weight excluding hydrogens is 322 g/mol. The van der Waals surface area contributed by atoms with Gasteiger partial charge in [0, 0.05) is 11.5 Å². The predicted molar refractivity (Wildman–Crippen MR) is 78.4 cm³/mol. The molecule has 1 aromatic heterocycles. The Morgan fingerprint density at radius 1 is 1.08 bits per heavy atom. The molecule has 1 aromatic carbocycles. The first-order chi connectivity index (χ1) is 11.4. The Labute approximate surface area is 135 Å². The van der Waals surface area contributed by atoms with Crippen molar-refractivity contribution in [3.05, 3.63) is 30.3 Å². The summed E-state index contributed by atoms with van der Waals surface area (Å²) in [6.45, 7) is 0. The van der Waals surface area contributed by atoms with Gasteiger partial charge in [0.15, 0.2) is 6.10 Å². The van der Waals surface area contributed by atoms with Crippen LogP contribution in [0.1, 0.15) is 0 Å². The minimum atomic E-state index is -1.80. The highest BCUT2D eigenvalue weighted by atomic mass is 16.7. The minimum absolute atomic E-state index is 0.0548. The maximum atomic E-state index is 11.1. The maximum absolute atomic E-state index is 11.1. The number of rotatable bonds is 3. The normalized spacial score (nSPS) is 30.2. The van der Waals surface area contributed by atoms with Crippen molar-refractivity contribution >= 4 is 16.9 Å². The molecule has 0 spiro atoms. The van der Waals surface area contributed by atoms with Crippen LogP contribution >= 0.6 is 0 Å². The van der Waals surface area contributed by atoms with Crippen molar-refractivity contribution in [1.29, 1.82) is 0 Å². The van der Waals surface area contributed by atoms with Gasteiger partial charge in [0.25, 0.3) is 0 Å². The number of aromatic hydroxyl groups is 1. The largest absolute Gasteiger partial charge is 0.506 e. The second kappa shape index (κ2) is 6.21. The number of aromatic nitrogens is 1. The molecule has 9 nitrogen and oxygen atoms in total. The van der Waals surface area contributed by atoms with E-state index in [1.54, 1.807) is 18.2 Å². The Balaban J connectivity index is 1.86. The molecule has 3 rings (SSSR count). The second-order valence-electron chi connectivity index (χ2n) is 5.35. The van der Waals surface area contributed by atoms with Gasteiger partial charge in [0.05, 0.1) is 0 Å². The molecule has 2 heterocycles. The van der Waals surface area contributed by atoms with Gasteiger partial charge in [-0.3, -0.25) is 0 Å². The van der Waals surface area contributed by atoms with Crippen molar-refractivity contribution in [2.75, 3.05) is 0 Å². The minimum Gasteiger partial charge on any atom is -0.506 e. The van der Waals surface area contributed by atoms with Crippen LogP contribution in [0.5, 0.6) is 11.6 Å². The number of phenolic OH excluding ortho intramolecular Hbond substituents is 1. The number of hydrogen-bond donors (Lipinski definition) is 5. The summed E-state index contributed by atoms with van der Waals surface area (Å²) in [4.78, 5) is 15.1. The number of benzene rings is 1. The number of ether oxygens (including phenoxy) is 2. The Bertz CT molecular complexity index is 766. The van der Waals surface area contributed by atoms with Crippen molar-refractivity contribution in [2.45, 2.75) is 30.7 Å². The lowest BCUT2D eigenvalue weighted by molar-refractivity contribution is -0.271. The molecule has 0 aliphatic carbocycles. The number of nitrogens with zero attached hydrogens (tertiary/aromatic N) is 1. The molecule has 0 unspecified atom stereocenters. The van der Waals surface area contributed by atoms with Gasteiger partial charge in [0.1, 0.15) is 29.6 Å². The molecule has 2 aromatic rings. The molecule has 1 aliphatic rings. The number of aliphatic hydroxyl groups excluding tert-OH is 3. The van der Waals surface area contributed by atoms with Gasteiger partial charge >= 0.3 is 5.97 Å². The lowest BCUT2D eigenvalue weighted by atomic mass is 9.99. The molecule has 24 heavy (non-hydrogen) atoms. The predicted octanol–water partition coefficient (Wildman–Crippen LogP) is -0.789. The number of carboxylic acid groups (broad SMARTS) is 1. The Morgan fingerprint density at radius 2 is 1.83 bits per heavy atom. The van der Waals surface area contributed by atoms with E-state index in [-0.39, 0.29) is 17.1 Å². The van der Waals surface area contributed by atoms with E-state index in [0.717, 1.165) is 0 Å². The number of aliphatic carboxylic acids is 1. The smallest absolute Gasteiger partial charge is 0.335 e. The van der Waals surface area contributed by atoms with Gasteiger partial charge in [-0.2, -0.15) is 0 Å². The summed E-state index contributed by atoms with van der Waals surface area (Å²) in [5, 5.41) is 48.7. The fraction of sp³-hybridized carbons (Fsp3) is 0.333. The number of para-hydroxylation sites is 1. The molecule has 0 bridgehead atoms. The van der Waals surface area contributed by atoms with Crippen LogP contribution in [-0.2, 0) is 9.53 Å². The van der Waals surface area contributed by atoms with Crippen LogP contribution in [0.3, 0.4) is 0 Å². The molecule has 0 radical (unpaired) electrons. The van der Waals surface area contributed by atoms with E-state index in [1.165, 1.54) is 12.1 Å². The molecule has 9 heteroatoms. The number of pyridine rings is 1. The lowest BCUT2D eigenvalue weighted by Crippen LogP contribution is -2.61. The van der Waals surface area contributed by atoms with Crippen LogP contribution in [0, 0.1) is 0 Å². The first-order valence-electron chi connectivity index (χ1n) is 7.06. The molecule has 0 amide bonds. The lowest BCUT2D eigenvalue weighted by Gasteiger charge is -2.38. The SMILES string of the molecule is O=C(O)[C@H]1O[C@@H](Oc2ccc3cccc(O)c3n2)[C@H](O)[C@@H](O)[C@@H]1O. The Hall–Kier alpha value is -2.46. The maximum Gasteiger partial charge on any atom is 0.335 e. The number of aliphatic hydroxyl groups is 3. The van der Waals surface area contributed by atoms with E-state index >= 15 is 0 Å². The average molecular weight is 337 g/mol. The molecule has 1 saturated heterocycles. The average Bonchev–Trinajstić information content (AvgIpc) is 2.56. The number of hydrogen-bond acceptors (Lipinski definition) is 8. The highest BCUT2D eigenvalue weighted by molar-refractivity contribution is 5.84. The van der Waals surface area contributed by atoms with Crippen molar-refractivity contribution in [3.63, 3.8) is 0 Å². The quantitative estimate of drug-likeness (QED) is 0.485. The fourth-order valence-corrected chi connectivity index (χ4v) is 2.45. The third kappa shape index (κ3) is 2.85. The third-order valence-electron chi connectivity index (χ3n) is 3.72. The monoisotopic (exact) mass is 337 g/mol. The van der Waals surface area contributed by atoms with E-state index in [4.69, 9.17) is 14.6 Å². The Kier molecular flexibility index (Phi) is 4.24. The first kappa shape index (κ1) is 16.4. The summed E-state index contributed by atoms with van der Waals surface area (Å²) in [5.74, 6) is -1.64. The Morgan fingerprint density at radius 3 is 2.54 bits per heavy atom. The van der Waals surface area contributed by atoms with Gasteiger partial charge in [-0.25, -0.2) is 9.78 Å². The number of carbonyl (C=O) groups is 1. The van der Waals surface area contributed by atoms with Gasteiger partial charge in [-0.1, -0.05) is 12.1 Å². The highest BCUT2D eigenvalue weighted by Crippen LogP contribution is 2.27. The summed E-state index contributed by atoms with van der Waals surface area (Å²) in [5.41, 5.74) is 0.246. The van der Waals surface area contributed by atoms with Crippen molar-refractivity contribution < 1.29 is 39.8 Å². The van der Waals surface area contributed by atoms with E-state index in [1.807, 2.05) is 0 Å². The molecule has 1 fully saturated rings. The molecule has 0 saturated carbocycles. The zero-order valence-corrected chi connectivity index (χ0v) is 12.2. The summed E-state index contributed by atoms with van der Waals surface area (Å²) in [7, 11) is 0. The van der Waals surface area contributed by atoms with E-state index in [0.29, 0.717) is 5.39 Å². The van der Waals surface area contributed by atoms with Gasteiger partial charge in [0.2, 0.25) is 12.2 Å². The van der Waals surface area contributed by atoms with Gasteiger partial charge < -0.3 is 35.0 Å². The first-order valence-corrected chi connectivity index (χ1v) is 7.06. The van der Waals surface area contributed by atoms with Crippen molar-refractivity contribution in [2.24, 2.45) is 0 Å². The number of fused-ring (bicyclic) bond motifs is 1. The van der Waals surface area contributed by atoms with Crippen LogP contribution < -0.4 is 4.74 Å². The molecule has 5 N–H and O–H groups in total. The molecule has 128 valence electrons. The van der Waals surface area contributed by atoms with E-state index in [2.05, 4.69) is 4.98 Å². The van der Waals surface area contributed by atoms with Gasteiger partial charge in [-0.15, -0.1) is 0 Å². The zero-order chi connectivity index (χ0) is 17.4. The standard InChI is InChI=1S/C15H15NO8/c17-7-3-1-2-6-4-5-8(16-9(6)7)23-15-12(20)10(18)11(19)13(24-15)14(21)22/h1-5,10-13,15,17-20H,(H,21,22)/t10-,11-,12+,13-,15+/m0/s1. The molecular formula is C15H15NO8. The zero-order valence-electron chi connectivity index (χ0n) is 12.2. The van der Waals surface area contributed by atoms with Crippen LogP contribution in [0.2, 0.25) is 0 Å². The summed E-state index contributed by atoms with van der Waals surface area (Å²) in [6.07, 6.45) is -8.57. The van der Waals surface area contributed by atoms with E-state index < -0.39 is 36.7 Å². The topological polar surface area (TPSA) is 150 Å². The van der Waals surface area contributed by atoms with Crippen molar-refractivity contribution in [1.82, 2.24) is 4.98 Å². The fourth-order valence-electron chi connectivity index (χ4n) is 2.45. The van der Waals surface area contributed by atoms with Crippen LogP contribution in [0.25, 0.3) is 10.9 Å². The third-order valence-corrected chi connectivity index (χ3v) is 3.72. The number of carboxylic acids is 1. The van der Waals surface area contributed by atoms with Crippen molar-refractivity contribution in [3.8, 4) is 11.6 Å². The van der Waals surface area contributed by atoms with E-state index in [9.17, 15) is 25.2 Å². The number of phenols is 1.